The molecule has 0 N–H and O–H groups in total. The molecule has 4 rings (SSSR count). The quantitative estimate of drug-likeness (QED) is 0.376. The van der Waals surface area contributed by atoms with Gasteiger partial charge in [-0.05, 0) is 12.1 Å². The number of nitriles is 1. The van der Waals surface area contributed by atoms with Crippen LogP contribution in [-0.4, -0.2) is 14.7 Å². The molecular weight excluding hydrogens is 352 g/mol. The van der Waals surface area contributed by atoms with E-state index in [9.17, 15) is 15.4 Å². The molecule has 0 bridgehead atoms. The minimum absolute atomic E-state index is 0.000886. The molecule has 0 saturated heterocycles. The van der Waals surface area contributed by atoms with Crippen molar-refractivity contribution in [2.24, 2.45) is 0 Å². The lowest BCUT2D eigenvalue weighted by Crippen LogP contribution is -2.00. The molecular formula is C22H14N4O2. The summed E-state index contributed by atoms with van der Waals surface area (Å²) in [5.41, 5.74) is 3.99. The molecule has 0 saturated carbocycles. The second-order valence-corrected chi connectivity index (χ2v) is 6.10. The number of nitrogens with zero attached hydrogens (tertiary/aromatic N) is 4. The molecule has 4 aromatic rings. The molecule has 0 aliphatic carbocycles. The van der Waals surface area contributed by atoms with Crippen LogP contribution in [-0.2, 0) is 0 Å². The molecule has 0 atom stereocenters. The normalized spacial score (nSPS) is 10.4. The van der Waals surface area contributed by atoms with Gasteiger partial charge in [0.2, 0.25) is 0 Å². The van der Waals surface area contributed by atoms with Crippen LogP contribution in [0.1, 0.15) is 5.56 Å². The Labute approximate surface area is 161 Å². The summed E-state index contributed by atoms with van der Waals surface area (Å²) < 4.78 is 1.67. The Morgan fingerprint density at radius 3 is 1.96 bits per heavy atom. The first-order valence-electron chi connectivity index (χ1n) is 8.58. The fourth-order valence-electron chi connectivity index (χ4n) is 3.09. The van der Waals surface area contributed by atoms with Gasteiger partial charge < -0.3 is 0 Å². The van der Waals surface area contributed by atoms with Gasteiger partial charge in [-0.2, -0.15) is 10.4 Å². The Kier molecular flexibility index (Phi) is 4.40. The number of hydrogen-bond donors (Lipinski definition) is 0. The predicted molar refractivity (Wildman–Crippen MR) is 106 cm³/mol. The maximum Gasteiger partial charge on any atom is 0.269 e. The Morgan fingerprint density at radius 2 is 1.43 bits per heavy atom. The Balaban J connectivity index is 1.98. The number of aromatic nitrogens is 2. The average Bonchev–Trinajstić information content (AvgIpc) is 3.14. The van der Waals surface area contributed by atoms with Gasteiger partial charge in [-0.15, -0.1) is 0 Å². The highest BCUT2D eigenvalue weighted by molar-refractivity contribution is 5.79. The summed E-state index contributed by atoms with van der Waals surface area (Å²) in [7, 11) is 0. The van der Waals surface area contributed by atoms with E-state index in [4.69, 9.17) is 5.10 Å². The van der Waals surface area contributed by atoms with Gasteiger partial charge >= 0.3 is 0 Å². The summed E-state index contributed by atoms with van der Waals surface area (Å²) in [6.45, 7) is 0. The van der Waals surface area contributed by atoms with Crippen molar-refractivity contribution in [2.45, 2.75) is 0 Å². The first-order valence-corrected chi connectivity index (χ1v) is 8.58. The van der Waals surface area contributed by atoms with Crippen LogP contribution in [0, 0.1) is 21.4 Å². The molecule has 0 fully saturated rings. The number of hydrogen-bond acceptors (Lipinski definition) is 4. The van der Waals surface area contributed by atoms with E-state index in [0.29, 0.717) is 22.6 Å². The first kappa shape index (κ1) is 17.2. The SMILES string of the molecule is N#Cc1c(-c2ccccc2)nn(-c2ccc([N+](=O)[O-])cc2)c1-c1ccccc1. The van der Waals surface area contributed by atoms with Crippen molar-refractivity contribution in [3.8, 4) is 34.3 Å². The molecule has 6 nitrogen and oxygen atoms in total. The fourth-order valence-corrected chi connectivity index (χ4v) is 3.09. The van der Waals surface area contributed by atoms with Crippen molar-refractivity contribution in [3.05, 3.63) is 101 Å². The molecule has 0 radical (unpaired) electrons. The highest BCUT2D eigenvalue weighted by Gasteiger charge is 2.21. The molecule has 134 valence electrons. The van der Waals surface area contributed by atoms with Crippen molar-refractivity contribution in [1.82, 2.24) is 9.78 Å². The van der Waals surface area contributed by atoms with Gasteiger partial charge in [0.25, 0.3) is 5.69 Å². The van der Waals surface area contributed by atoms with Crippen LogP contribution in [0.25, 0.3) is 28.2 Å². The summed E-state index contributed by atoms with van der Waals surface area (Å²) in [6, 6.07) is 27.4. The summed E-state index contributed by atoms with van der Waals surface area (Å²) in [4.78, 5) is 10.5. The van der Waals surface area contributed by atoms with E-state index in [1.807, 2.05) is 60.7 Å². The Bertz CT molecular complexity index is 1180. The number of rotatable bonds is 4. The summed E-state index contributed by atoms with van der Waals surface area (Å²) in [5.74, 6) is 0. The summed E-state index contributed by atoms with van der Waals surface area (Å²) >= 11 is 0. The maximum absolute atomic E-state index is 11.0. The largest absolute Gasteiger partial charge is 0.269 e. The highest BCUT2D eigenvalue weighted by atomic mass is 16.6. The number of benzene rings is 3. The zero-order chi connectivity index (χ0) is 19.5. The minimum atomic E-state index is -0.443. The lowest BCUT2D eigenvalue weighted by atomic mass is 10.0. The third kappa shape index (κ3) is 3.02. The predicted octanol–water partition coefficient (Wildman–Crippen LogP) is 4.99. The standard InChI is InChI=1S/C22H14N4O2/c23-15-20-21(16-7-3-1-4-8-16)24-25(22(20)17-9-5-2-6-10-17)18-11-13-19(14-12-18)26(27)28/h1-14H. The van der Waals surface area contributed by atoms with Crippen LogP contribution >= 0.6 is 0 Å². The molecule has 6 heteroatoms. The molecule has 0 amide bonds. The second kappa shape index (κ2) is 7.17. The van der Waals surface area contributed by atoms with E-state index in [-0.39, 0.29) is 5.69 Å². The lowest BCUT2D eigenvalue weighted by Gasteiger charge is -2.08. The topological polar surface area (TPSA) is 84.8 Å². The van der Waals surface area contributed by atoms with Gasteiger partial charge in [0.15, 0.2) is 0 Å². The van der Waals surface area contributed by atoms with Gasteiger partial charge in [-0.1, -0.05) is 60.7 Å². The van der Waals surface area contributed by atoms with Crippen molar-refractivity contribution in [1.29, 1.82) is 5.26 Å². The van der Waals surface area contributed by atoms with E-state index in [0.717, 1.165) is 11.1 Å². The van der Waals surface area contributed by atoms with Crippen LogP contribution in [0.15, 0.2) is 84.9 Å². The van der Waals surface area contributed by atoms with E-state index in [1.165, 1.54) is 12.1 Å². The van der Waals surface area contributed by atoms with Crippen LogP contribution in [0.3, 0.4) is 0 Å². The van der Waals surface area contributed by atoms with Crippen LogP contribution in [0.5, 0.6) is 0 Å². The molecule has 0 aliphatic rings. The zero-order valence-corrected chi connectivity index (χ0v) is 14.7. The van der Waals surface area contributed by atoms with Gasteiger partial charge in [-0.25, -0.2) is 4.68 Å². The number of nitro benzene ring substituents is 1. The minimum Gasteiger partial charge on any atom is -0.258 e. The Hall–Kier alpha value is -4.24. The maximum atomic E-state index is 11.0. The lowest BCUT2D eigenvalue weighted by molar-refractivity contribution is -0.384. The smallest absolute Gasteiger partial charge is 0.258 e. The molecule has 1 heterocycles. The van der Waals surface area contributed by atoms with E-state index >= 15 is 0 Å². The molecule has 0 aliphatic heterocycles. The number of nitro groups is 1. The van der Waals surface area contributed by atoms with Crippen LogP contribution in [0.2, 0.25) is 0 Å². The van der Waals surface area contributed by atoms with Crippen molar-refractivity contribution in [3.63, 3.8) is 0 Å². The van der Waals surface area contributed by atoms with Gasteiger partial charge in [0.05, 0.1) is 16.3 Å². The second-order valence-electron chi connectivity index (χ2n) is 6.10. The van der Waals surface area contributed by atoms with Gasteiger partial charge in [-0.3, -0.25) is 10.1 Å². The molecule has 0 spiro atoms. The Morgan fingerprint density at radius 1 is 0.857 bits per heavy atom. The molecule has 0 unspecified atom stereocenters. The molecule has 28 heavy (non-hydrogen) atoms. The third-order valence-corrected chi connectivity index (χ3v) is 4.40. The van der Waals surface area contributed by atoms with Crippen molar-refractivity contribution < 1.29 is 4.92 Å². The third-order valence-electron chi connectivity index (χ3n) is 4.40. The highest BCUT2D eigenvalue weighted by Crippen LogP contribution is 2.34. The fraction of sp³-hybridized carbons (Fsp3) is 0. The van der Waals surface area contributed by atoms with Gasteiger partial charge in [0.1, 0.15) is 17.3 Å². The molecule has 1 aromatic heterocycles. The zero-order valence-electron chi connectivity index (χ0n) is 14.7. The first-order chi connectivity index (χ1) is 13.7. The van der Waals surface area contributed by atoms with Gasteiger partial charge in [0, 0.05) is 23.3 Å². The average molecular weight is 366 g/mol. The van der Waals surface area contributed by atoms with Crippen LogP contribution < -0.4 is 0 Å². The van der Waals surface area contributed by atoms with E-state index in [2.05, 4.69) is 6.07 Å². The monoisotopic (exact) mass is 366 g/mol. The molecule has 3 aromatic carbocycles. The van der Waals surface area contributed by atoms with Crippen molar-refractivity contribution in [2.75, 3.05) is 0 Å². The summed E-state index contributed by atoms with van der Waals surface area (Å²) in [6.07, 6.45) is 0. The van der Waals surface area contributed by atoms with Crippen molar-refractivity contribution >= 4 is 5.69 Å². The van der Waals surface area contributed by atoms with Crippen LogP contribution in [0.4, 0.5) is 5.69 Å². The van der Waals surface area contributed by atoms with E-state index in [1.54, 1.807) is 16.8 Å². The van der Waals surface area contributed by atoms with E-state index < -0.39 is 4.92 Å². The summed E-state index contributed by atoms with van der Waals surface area (Å²) in [5, 5.41) is 25.6. The number of non-ortho nitro benzene ring substituents is 1.